The van der Waals surface area contributed by atoms with Crippen LogP contribution in [0.1, 0.15) is 37.7 Å². The molecule has 0 fully saturated rings. The maximum Gasteiger partial charge on any atom is 0.270 e. The number of fused-ring (bicyclic) bond motifs is 1. The van der Waals surface area contributed by atoms with E-state index in [4.69, 9.17) is 0 Å². The average molecular weight is 343 g/mol. The molecule has 2 aromatic rings. The summed E-state index contributed by atoms with van der Waals surface area (Å²) in [6.45, 7) is 6.10. The van der Waals surface area contributed by atoms with Crippen LogP contribution in [0.5, 0.6) is 0 Å². The number of carbonyl (C=O) groups is 2. The molecule has 0 bridgehead atoms. The number of aliphatic hydroxyl groups is 1. The van der Waals surface area contributed by atoms with E-state index in [1.54, 1.807) is 12.3 Å². The number of benzene rings is 1. The summed E-state index contributed by atoms with van der Waals surface area (Å²) < 4.78 is 0. The molecule has 25 heavy (non-hydrogen) atoms. The van der Waals surface area contributed by atoms with E-state index in [1.807, 2.05) is 24.3 Å². The molecule has 0 unspecified atom stereocenters. The summed E-state index contributed by atoms with van der Waals surface area (Å²) in [5.74, 6) is -0.429. The molecule has 2 amide bonds. The zero-order valence-electron chi connectivity index (χ0n) is 14.8. The first-order valence-corrected chi connectivity index (χ1v) is 8.50. The number of rotatable bonds is 7. The molecule has 2 atom stereocenters. The van der Waals surface area contributed by atoms with Gasteiger partial charge in [-0.25, -0.2) is 0 Å². The minimum absolute atomic E-state index is 0.208. The Morgan fingerprint density at radius 3 is 2.48 bits per heavy atom. The zero-order chi connectivity index (χ0) is 18.4. The quantitative estimate of drug-likeness (QED) is 0.716. The maximum atomic E-state index is 12.4. The van der Waals surface area contributed by atoms with Crippen LogP contribution < -0.4 is 10.6 Å². The Morgan fingerprint density at radius 2 is 1.84 bits per heavy atom. The van der Waals surface area contributed by atoms with Crippen molar-refractivity contribution in [1.82, 2.24) is 15.6 Å². The molecule has 0 saturated heterocycles. The minimum Gasteiger partial charge on any atom is -0.391 e. The molecule has 0 aliphatic heterocycles. The van der Waals surface area contributed by atoms with E-state index in [0.29, 0.717) is 12.5 Å². The van der Waals surface area contributed by atoms with Gasteiger partial charge in [0.05, 0.1) is 6.10 Å². The number of pyridine rings is 1. The number of nitrogens with zero attached hydrogens (tertiary/aromatic N) is 1. The van der Waals surface area contributed by atoms with E-state index < -0.39 is 24.0 Å². The van der Waals surface area contributed by atoms with E-state index in [0.717, 1.165) is 17.2 Å². The molecule has 2 rings (SSSR count). The Morgan fingerprint density at radius 1 is 1.16 bits per heavy atom. The van der Waals surface area contributed by atoms with Gasteiger partial charge < -0.3 is 15.7 Å². The molecule has 6 heteroatoms. The van der Waals surface area contributed by atoms with Crippen molar-refractivity contribution in [2.45, 2.75) is 39.3 Å². The fraction of sp³-hybridized carbons (Fsp3) is 0.421. The summed E-state index contributed by atoms with van der Waals surface area (Å²) in [4.78, 5) is 28.8. The third kappa shape index (κ3) is 5.26. The molecule has 134 valence electrons. The van der Waals surface area contributed by atoms with Gasteiger partial charge in [-0.15, -0.1) is 0 Å². The highest BCUT2D eigenvalue weighted by Crippen LogP contribution is 2.13. The number of amides is 2. The molecule has 0 aliphatic rings. The van der Waals surface area contributed by atoms with Crippen molar-refractivity contribution in [3.05, 3.63) is 42.2 Å². The van der Waals surface area contributed by atoms with Crippen molar-refractivity contribution in [2.75, 3.05) is 6.54 Å². The smallest absolute Gasteiger partial charge is 0.270 e. The van der Waals surface area contributed by atoms with Crippen LogP contribution in [-0.2, 0) is 4.79 Å². The highest BCUT2D eigenvalue weighted by molar-refractivity contribution is 5.99. The fourth-order valence-corrected chi connectivity index (χ4v) is 2.42. The Labute approximate surface area is 147 Å². The molecule has 0 radical (unpaired) electrons. The molecular formula is C19H25N3O3. The second-order valence-electron chi connectivity index (χ2n) is 6.58. The van der Waals surface area contributed by atoms with Crippen molar-refractivity contribution in [3.63, 3.8) is 0 Å². The summed E-state index contributed by atoms with van der Waals surface area (Å²) in [7, 11) is 0. The summed E-state index contributed by atoms with van der Waals surface area (Å²) in [6.07, 6.45) is 1.44. The molecule has 1 heterocycles. The number of hydrogen-bond donors (Lipinski definition) is 3. The van der Waals surface area contributed by atoms with E-state index in [-0.39, 0.29) is 5.69 Å². The lowest BCUT2D eigenvalue weighted by atomic mass is 10.1. The van der Waals surface area contributed by atoms with Gasteiger partial charge >= 0.3 is 0 Å². The van der Waals surface area contributed by atoms with Crippen molar-refractivity contribution >= 4 is 22.6 Å². The van der Waals surface area contributed by atoms with Gasteiger partial charge in [-0.2, -0.15) is 0 Å². The van der Waals surface area contributed by atoms with Gasteiger partial charge in [0.25, 0.3) is 5.91 Å². The first-order chi connectivity index (χ1) is 11.9. The van der Waals surface area contributed by atoms with Gasteiger partial charge in [0, 0.05) is 18.1 Å². The molecule has 3 N–H and O–H groups in total. The molecule has 0 saturated carbocycles. The Bertz CT molecular complexity index is 744. The SMILES string of the molecule is CC(C)CCNC(=O)[C@@H](NC(=O)c1cc2ccccc2cn1)[C@@H](C)O. The average Bonchev–Trinajstić information content (AvgIpc) is 2.58. The Balaban J connectivity index is 2.06. The molecule has 6 nitrogen and oxygen atoms in total. The Hall–Kier alpha value is -2.47. The first kappa shape index (κ1) is 18.9. The number of carbonyl (C=O) groups excluding carboxylic acids is 2. The predicted octanol–water partition coefficient (Wildman–Crippen LogP) is 1.88. The lowest BCUT2D eigenvalue weighted by molar-refractivity contribution is -0.125. The second kappa shape index (κ2) is 8.58. The van der Waals surface area contributed by atoms with Crippen LogP contribution >= 0.6 is 0 Å². The van der Waals surface area contributed by atoms with E-state index in [2.05, 4.69) is 29.5 Å². The second-order valence-corrected chi connectivity index (χ2v) is 6.58. The highest BCUT2D eigenvalue weighted by atomic mass is 16.3. The standard InChI is InChI=1S/C19H25N3O3/c1-12(2)8-9-20-19(25)17(13(3)23)22-18(24)16-10-14-6-4-5-7-15(14)11-21-16/h4-7,10-13,17,23H,8-9H2,1-3H3,(H,20,25)(H,22,24)/t13-,17+/m1/s1. The minimum atomic E-state index is -1.02. The fourth-order valence-electron chi connectivity index (χ4n) is 2.42. The summed E-state index contributed by atoms with van der Waals surface area (Å²) in [5, 5.41) is 17.0. The molecule has 1 aromatic carbocycles. The van der Waals surface area contributed by atoms with Crippen molar-refractivity contribution in [1.29, 1.82) is 0 Å². The van der Waals surface area contributed by atoms with Crippen LogP contribution in [0.25, 0.3) is 10.8 Å². The summed E-state index contributed by atoms with van der Waals surface area (Å²) in [5.41, 5.74) is 0.208. The third-order valence-electron chi connectivity index (χ3n) is 3.94. The lowest BCUT2D eigenvalue weighted by Gasteiger charge is -2.21. The molecule has 0 aliphatic carbocycles. The first-order valence-electron chi connectivity index (χ1n) is 8.50. The van der Waals surface area contributed by atoms with Crippen LogP contribution in [-0.4, -0.2) is 40.6 Å². The van der Waals surface area contributed by atoms with Crippen LogP contribution in [0.4, 0.5) is 0 Å². The van der Waals surface area contributed by atoms with Gasteiger partial charge in [-0.05, 0) is 30.7 Å². The van der Waals surface area contributed by atoms with Gasteiger partial charge in [0.1, 0.15) is 11.7 Å². The maximum absolute atomic E-state index is 12.4. The topological polar surface area (TPSA) is 91.3 Å². The molecule has 1 aromatic heterocycles. The molecular weight excluding hydrogens is 318 g/mol. The van der Waals surface area contributed by atoms with Crippen LogP contribution in [0.3, 0.4) is 0 Å². The monoisotopic (exact) mass is 343 g/mol. The number of nitrogens with one attached hydrogen (secondary N) is 2. The highest BCUT2D eigenvalue weighted by Gasteiger charge is 2.26. The normalized spacial score (nSPS) is 13.5. The largest absolute Gasteiger partial charge is 0.391 e. The predicted molar refractivity (Wildman–Crippen MR) is 97.1 cm³/mol. The van der Waals surface area contributed by atoms with Crippen molar-refractivity contribution < 1.29 is 14.7 Å². The van der Waals surface area contributed by atoms with E-state index >= 15 is 0 Å². The summed E-state index contributed by atoms with van der Waals surface area (Å²) >= 11 is 0. The van der Waals surface area contributed by atoms with Crippen LogP contribution in [0, 0.1) is 5.92 Å². The number of aromatic nitrogens is 1. The lowest BCUT2D eigenvalue weighted by Crippen LogP contribution is -2.52. The van der Waals surface area contributed by atoms with Crippen molar-refractivity contribution in [3.8, 4) is 0 Å². The van der Waals surface area contributed by atoms with Gasteiger partial charge in [-0.1, -0.05) is 38.1 Å². The van der Waals surface area contributed by atoms with E-state index in [9.17, 15) is 14.7 Å². The van der Waals surface area contributed by atoms with E-state index in [1.165, 1.54) is 6.92 Å². The number of aliphatic hydroxyl groups excluding tert-OH is 1. The van der Waals surface area contributed by atoms with Crippen molar-refractivity contribution in [2.24, 2.45) is 5.92 Å². The summed E-state index contributed by atoms with van der Waals surface area (Å²) in [6, 6.07) is 8.22. The van der Waals surface area contributed by atoms with Gasteiger partial charge in [0.15, 0.2) is 0 Å². The van der Waals surface area contributed by atoms with Crippen LogP contribution in [0.2, 0.25) is 0 Å². The van der Waals surface area contributed by atoms with Gasteiger partial charge in [-0.3, -0.25) is 14.6 Å². The Kier molecular flexibility index (Phi) is 6.47. The number of hydrogen-bond acceptors (Lipinski definition) is 4. The third-order valence-corrected chi connectivity index (χ3v) is 3.94. The molecule has 0 spiro atoms. The zero-order valence-corrected chi connectivity index (χ0v) is 14.8. The van der Waals surface area contributed by atoms with Crippen LogP contribution in [0.15, 0.2) is 36.5 Å². The van der Waals surface area contributed by atoms with Gasteiger partial charge in [0.2, 0.25) is 5.91 Å².